The van der Waals surface area contributed by atoms with Crippen LogP contribution >= 0.6 is 0 Å². The van der Waals surface area contributed by atoms with E-state index < -0.39 is 0 Å². The molecular formula is C23H32N4O2. The molecular weight excluding hydrogens is 364 g/mol. The second kappa shape index (κ2) is 7.62. The molecule has 3 unspecified atom stereocenters. The highest BCUT2D eigenvalue weighted by Gasteiger charge is 2.45. The molecule has 1 saturated carbocycles. The number of rotatable bonds is 3. The van der Waals surface area contributed by atoms with E-state index in [-0.39, 0.29) is 5.91 Å². The summed E-state index contributed by atoms with van der Waals surface area (Å²) >= 11 is 0. The molecule has 4 aliphatic rings. The molecule has 4 heterocycles. The van der Waals surface area contributed by atoms with Crippen LogP contribution in [0.3, 0.4) is 0 Å². The topological polar surface area (TPSA) is 56.8 Å². The molecule has 3 aliphatic heterocycles. The highest BCUT2D eigenvalue weighted by molar-refractivity contribution is 5.95. The summed E-state index contributed by atoms with van der Waals surface area (Å²) in [6.07, 6.45) is 10.2. The molecule has 29 heavy (non-hydrogen) atoms. The van der Waals surface area contributed by atoms with Crippen molar-refractivity contribution in [1.82, 2.24) is 14.8 Å². The van der Waals surface area contributed by atoms with Crippen molar-refractivity contribution < 1.29 is 9.59 Å². The van der Waals surface area contributed by atoms with Crippen molar-refractivity contribution in [3.8, 4) is 0 Å². The van der Waals surface area contributed by atoms with Crippen LogP contribution in [-0.4, -0.2) is 64.4 Å². The predicted octanol–water partition coefficient (Wildman–Crippen LogP) is 3.08. The largest absolute Gasteiger partial charge is 0.354 e. The van der Waals surface area contributed by atoms with E-state index >= 15 is 0 Å². The summed E-state index contributed by atoms with van der Waals surface area (Å²) in [6, 6.07) is 5.14. The Morgan fingerprint density at radius 2 is 1.97 bits per heavy atom. The van der Waals surface area contributed by atoms with Crippen LogP contribution < -0.4 is 4.90 Å². The fraction of sp³-hybridized carbons (Fsp3) is 0.696. The number of carbonyl (C=O) groups excluding carboxylic acids is 2. The Kier molecular flexibility index (Phi) is 4.96. The van der Waals surface area contributed by atoms with Crippen molar-refractivity contribution in [3.63, 3.8) is 0 Å². The molecule has 156 valence electrons. The summed E-state index contributed by atoms with van der Waals surface area (Å²) in [5.74, 6) is 1.81. The van der Waals surface area contributed by atoms with Crippen LogP contribution in [0.4, 0.5) is 5.82 Å². The lowest BCUT2D eigenvalue weighted by Gasteiger charge is -2.47. The van der Waals surface area contributed by atoms with Gasteiger partial charge in [-0.05, 0) is 69.9 Å². The van der Waals surface area contributed by atoms with Gasteiger partial charge < -0.3 is 14.7 Å². The molecule has 3 atom stereocenters. The molecule has 0 radical (unpaired) electrons. The standard InChI is InChI=1S/C23H32N4O2/c1-16-4-2-3-12-26(16)21-14-17(9-11-24-21)23(29)25-13-10-20-18(15-25)5-8-22(28)27(20)19-6-7-19/h9,11,14,16,18-20H,2-8,10,12-13,15H2,1H3. The lowest BCUT2D eigenvalue weighted by molar-refractivity contribution is -0.141. The van der Waals surface area contributed by atoms with Gasteiger partial charge in [-0.2, -0.15) is 0 Å². The van der Waals surface area contributed by atoms with E-state index in [1.54, 1.807) is 6.20 Å². The van der Waals surface area contributed by atoms with Crippen molar-refractivity contribution >= 4 is 17.6 Å². The lowest BCUT2D eigenvalue weighted by Crippen LogP contribution is -2.57. The number of hydrogen-bond acceptors (Lipinski definition) is 4. The first kappa shape index (κ1) is 18.9. The quantitative estimate of drug-likeness (QED) is 0.788. The van der Waals surface area contributed by atoms with Crippen molar-refractivity contribution in [1.29, 1.82) is 0 Å². The van der Waals surface area contributed by atoms with Crippen LogP contribution in [0.15, 0.2) is 18.3 Å². The summed E-state index contributed by atoms with van der Waals surface area (Å²) in [7, 11) is 0. The number of nitrogens with zero attached hydrogens (tertiary/aromatic N) is 4. The van der Waals surface area contributed by atoms with Gasteiger partial charge in [0.2, 0.25) is 5.91 Å². The fourth-order valence-corrected chi connectivity index (χ4v) is 5.63. The highest BCUT2D eigenvalue weighted by atomic mass is 16.2. The van der Waals surface area contributed by atoms with E-state index in [4.69, 9.17) is 0 Å². The van der Waals surface area contributed by atoms with Gasteiger partial charge in [-0.3, -0.25) is 9.59 Å². The van der Waals surface area contributed by atoms with Crippen LogP contribution in [0.1, 0.15) is 68.6 Å². The number of pyridine rings is 1. The fourth-order valence-electron chi connectivity index (χ4n) is 5.63. The lowest BCUT2D eigenvalue weighted by atomic mass is 9.83. The number of hydrogen-bond donors (Lipinski definition) is 0. The van der Waals surface area contributed by atoms with Gasteiger partial charge in [-0.15, -0.1) is 0 Å². The van der Waals surface area contributed by atoms with E-state index in [1.165, 1.54) is 19.3 Å². The Morgan fingerprint density at radius 3 is 2.76 bits per heavy atom. The zero-order chi connectivity index (χ0) is 20.0. The second-order valence-electron chi connectivity index (χ2n) is 9.38. The SMILES string of the molecule is CC1CCCCN1c1cc(C(=O)N2CCC3C(CCC(=O)N3C3CC3)C2)ccn1. The van der Waals surface area contributed by atoms with Crippen LogP contribution in [0.25, 0.3) is 0 Å². The van der Waals surface area contributed by atoms with E-state index in [9.17, 15) is 9.59 Å². The minimum Gasteiger partial charge on any atom is -0.354 e. The third-order valence-corrected chi connectivity index (χ3v) is 7.39. The molecule has 6 nitrogen and oxygen atoms in total. The highest BCUT2D eigenvalue weighted by Crippen LogP contribution is 2.39. The number of amides is 2. The summed E-state index contributed by atoms with van der Waals surface area (Å²) in [5.41, 5.74) is 0.747. The second-order valence-corrected chi connectivity index (χ2v) is 9.38. The molecule has 6 heteroatoms. The molecule has 1 aliphatic carbocycles. The Morgan fingerprint density at radius 1 is 1.10 bits per heavy atom. The monoisotopic (exact) mass is 396 g/mol. The normalized spacial score (nSPS) is 30.3. The van der Waals surface area contributed by atoms with E-state index in [1.807, 2.05) is 17.0 Å². The van der Waals surface area contributed by atoms with Gasteiger partial charge in [0.15, 0.2) is 0 Å². The van der Waals surface area contributed by atoms with Crippen molar-refractivity contribution in [3.05, 3.63) is 23.9 Å². The van der Waals surface area contributed by atoms with Crippen LogP contribution in [0.5, 0.6) is 0 Å². The molecule has 5 rings (SSSR count). The van der Waals surface area contributed by atoms with Crippen molar-refractivity contribution in [2.75, 3.05) is 24.5 Å². The summed E-state index contributed by atoms with van der Waals surface area (Å²) in [5, 5.41) is 0. The zero-order valence-corrected chi connectivity index (χ0v) is 17.4. The maximum atomic E-state index is 13.3. The van der Waals surface area contributed by atoms with E-state index in [2.05, 4.69) is 21.7 Å². The number of carbonyl (C=O) groups is 2. The minimum atomic E-state index is 0.117. The molecule has 0 aromatic carbocycles. The first-order valence-electron chi connectivity index (χ1n) is 11.4. The summed E-state index contributed by atoms with van der Waals surface area (Å²) < 4.78 is 0. The summed E-state index contributed by atoms with van der Waals surface area (Å²) in [6.45, 7) is 4.78. The molecule has 0 bridgehead atoms. The van der Waals surface area contributed by atoms with E-state index in [0.29, 0.717) is 36.4 Å². The van der Waals surface area contributed by atoms with Gasteiger partial charge in [-0.1, -0.05) is 0 Å². The average molecular weight is 397 g/mol. The molecule has 1 aromatic rings. The molecule has 0 N–H and O–H groups in total. The maximum absolute atomic E-state index is 13.3. The maximum Gasteiger partial charge on any atom is 0.254 e. The summed E-state index contributed by atoms with van der Waals surface area (Å²) in [4.78, 5) is 36.8. The Bertz CT molecular complexity index is 793. The number of likely N-dealkylation sites (tertiary alicyclic amines) is 2. The Labute approximate surface area is 173 Å². The Hall–Kier alpha value is -2.11. The average Bonchev–Trinajstić information content (AvgIpc) is 3.58. The third kappa shape index (κ3) is 3.62. The van der Waals surface area contributed by atoms with E-state index in [0.717, 1.165) is 56.7 Å². The van der Waals surface area contributed by atoms with Gasteiger partial charge in [0.1, 0.15) is 5.82 Å². The first-order valence-corrected chi connectivity index (χ1v) is 11.4. The molecule has 2 amide bonds. The number of anilines is 1. The van der Waals surface area contributed by atoms with Crippen LogP contribution in [0, 0.1) is 5.92 Å². The molecule has 1 aromatic heterocycles. The van der Waals surface area contributed by atoms with Gasteiger partial charge in [0, 0.05) is 55.9 Å². The number of aromatic nitrogens is 1. The predicted molar refractivity (Wildman–Crippen MR) is 112 cm³/mol. The smallest absolute Gasteiger partial charge is 0.254 e. The molecule has 3 saturated heterocycles. The first-order chi connectivity index (χ1) is 14.1. The van der Waals surface area contributed by atoms with Gasteiger partial charge in [-0.25, -0.2) is 4.98 Å². The Balaban J connectivity index is 1.29. The van der Waals surface area contributed by atoms with Gasteiger partial charge in [0.25, 0.3) is 5.91 Å². The number of fused-ring (bicyclic) bond motifs is 1. The zero-order valence-electron chi connectivity index (χ0n) is 17.4. The number of piperidine rings is 3. The van der Waals surface area contributed by atoms with Crippen molar-refractivity contribution in [2.24, 2.45) is 5.92 Å². The third-order valence-electron chi connectivity index (χ3n) is 7.39. The molecule has 4 fully saturated rings. The minimum absolute atomic E-state index is 0.117. The van der Waals surface area contributed by atoms with Crippen LogP contribution in [-0.2, 0) is 4.79 Å². The van der Waals surface area contributed by atoms with Gasteiger partial charge in [0.05, 0.1) is 0 Å². The van der Waals surface area contributed by atoms with Crippen molar-refractivity contribution in [2.45, 2.75) is 76.4 Å². The molecule has 0 spiro atoms. The van der Waals surface area contributed by atoms with Gasteiger partial charge >= 0.3 is 0 Å². The van der Waals surface area contributed by atoms with Crippen LogP contribution in [0.2, 0.25) is 0 Å².